The van der Waals surface area contributed by atoms with Crippen LogP contribution in [0.25, 0.3) is 5.69 Å². The van der Waals surface area contributed by atoms with Crippen LogP contribution in [0.3, 0.4) is 0 Å². The summed E-state index contributed by atoms with van der Waals surface area (Å²) in [7, 11) is 0. The summed E-state index contributed by atoms with van der Waals surface area (Å²) in [6.45, 7) is 0.266. The van der Waals surface area contributed by atoms with E-state index in [0.29, 0.717) is 5.69 Å². The van der Waals surface area contributed by atoms with Crippen molar-refractivity contribution in [2.75, 3.05) is 0 Å². The van der Waals surface area contributed by atoms with E-state index in [2.05, 4.69) is 10.4 Å². The van der Waals surface area contributed by atoms with Crippen LogP contribution in [0, 0.1) is 11.3 Å². The number of para-hydroxylation sites is 1. The molecule has 0 aliphatic heterocycles. The zero-order chi connectivity index (χ0) is 11.4. The quantitative estimate of drug-likeness (QED) is 0.739. The van der Waals surface area contributed by atoms with Gasteiger partial charge in [-0.3, -0.25) is 0 Å². The molecule has 0 unspecified atom stereocenters. The van der Waals surface area contributed by atoms with Crippen LogP contribution in [0.1, 0.15) is 6.42 Å². The maximum absolute atomic E-state index is 11.8. The van der Waals surface area contributed by atoms with Gasteiger partial charge < -0.3 is 0 Å². The SMILES string of the molecule is N#CCCn1nnn(-c2ccccc2)c1=O. The average Bonchev–Trinajstić information content (AvgIpc) is 2.69. The molecular formula is C10H9N5O. The second-order valence-electron chi connectivity index (χ2n) is 3.14. The molecule has 6 heteroatoms. The van der Waals surface area contributed by atoms with Gasteiger partial charge in [-0.15, -0.1) is 0 Å². The molecule has 0 saturated heterocycles. The second-order valence-corrected chi connectivity index (χ2v) is 3.14. The first kappa shape index (κ1) is 10.1. The maximum atomic E-state index is 11.8. The summed E-state index contributed by atoms with van der Waals surface area (Å²) >= 11 is 0. The highest BCUT2D eigenvalue weighted by Gasteiger charge is 2.07. The van der Waals surface area contributed by atoms with Crippen molar-refractivity contribution in [3.8, 4) is 11.8 Å². The highest BCUT2D eigenvalue weighted by molar-refractivity contribution is 5.28. The minimum atomic E-state index is -0.332. The van der Waals surface area contributed by atoms with E-state index in [4.69, 9.17) is 5.26 Å². The van der Waals surface area contributed by atoms with Gasteiger partial charge in [-0.1, -0.05) is 18.2 Å². The Bertz CT molecular complexity index is 563. The van der Waals surface area contributed by atoms with Crippen molar-refractivity contribution in [2.45, 2.75) is 13.0 Å². The lowest BCUT2D eigenvalue weighted by Gasteiger charge is -1.95. The van der Waals surface area contributed by atoms with Gasteiger partial charge in [-0.05, 0) is 22.6 Å². The van der Waals surface area contributed by atoms with E-state index in [1.54, 1.807) is 12.1 Å². The van der Waals surface area contributed by atoms with Crippen molar-refractivity contribution in [3.05, 3.63) is 40.8 Å². The molecule has 0 fully saturated rings. The largest absolute Gasteiger partial charge is 0.368 e. The number of rotatable bonds is 3. The maximum Gasteiger partial charge on any atom is 0.368 e. The van der Waals surface area contributed by atoms with Crippen molar-refractivity contribution >= 4 is 0 Å². The van der Waals surface area contributed by atoms with Crippen LogP contribution < -0.4 is 5.69 Å². The lowest BCUT2D eigenvalue weighted by molar-refractivity contribution is 0.584. The fourth-order valence-electron chi connectivity index (χ4n) is 1.30. The van der Waals surface area contributed by atoms with Crippen LogP contribution in [0.5, 0.6) is 0 Å². The van der Waals surface area contributed by atoms with E-state index >= 15 is 0 Å². The molecule has 0 bridgehead atoms. The Morgan fingerprint density at radius 1 is 1.25 bits per heavy atom. The number of aryl methyl sites for hydroxylation is 1. The molecule has 0 atom stereocenters. The van der Waals surface area contributed by atoms with Crippen molar-refractivity contribution in [1.82, 2.24) is 19.8 Å². The van der Waals surface area contributed by atoms with Crippen LogP contribution in [0.2, 0.25) is 0 Å². The standard InChI is InChI=1S/C10H9N5O/c11-7-4-8-14-10(16)15(13-12-14)9-5-2-1-3-6-9/h1-3,5-6H,4,8H2. The van der Waals surface area contributed by atoms with E-state index < -0.39 is 0 Å². The highest BCUT2D eigenvalue weighted by Crippen LogP contribution is 2.00. The fourth-order valence-corrected chi connectivity index (χ4v) is 1.30. The number of tetrazole rings is 1. The van der Waals surface area contributed by atoms with Crippen LogP contribution in [-0.2, 0) is 6.54 Å². The van der Waals surface area contributed by atoms with Gasteiger partial charge in [0.05, 0.1) is 24.7 Å². The molecule has 80 valence electrons. The van der Waals surface area contributed by atoms with E-state index in [9.17, 15) is 4.79 Å². The number of hydrogen-bond donors (Lipinski definition) is 0. The van der Waals surface area contributed by atoms with Gasteiger partial charge in [0.15, 0.2) is 0 Å². The molecule has 1 aromatic heterocycles. The smallest absolute Gasteiger partial charge is 0.244 e. The van der Waals surface area contributed by atoms with E-state index in [1.165, 1.54) is 9.36 Å². The van der Waals surface area contributed by atoms with Gasteiger partial charge in [-0.2, -0.15) is 14.6 Å². The molecule has 1 aromatic carbocycles. The predicted molar refractivity (Wildman–Crippen MR) is 55.8 cm³/mol. The van der Waals surface area contributed by atoms with Gasteiger partial charge >= 0.3 is 5.69 Å². The molecule has 2 aromatic rings. The normalized spacial score (nSPS) is 9.94. The third kappa shape index (κ3) is 1.83. The van der Waals surface area contributed by atoms with Crippen LogP contribution in [0.15, 0.2) is 35.1 Å². The highest BCUT2D eigenvalue weighted by atomic mass is 16.2. The Morgan fingerprint density at radius 3 is 2.69 bits per heavy atom. The van der Waals surface area contributed by atoms with E-state index in [0.717, 1.165) is 0 Å². The Labute approximate surface area is 91.3 Å². The molecule has 0 amide bonds. The number of nitriles is 1. The summed E-state index contributed by atoms with van der Waals surface area (Å²) < 4.78 is 2.38. The summed E-state index contributed by atoms with van der Waals surface area (Å²) in [5.41, 5.74) is 0.331. The average molecular weight is 215 g/mol. The third-order valence-electron chi connectivity index (χ3n) is 2.08. The van der Waals surface area contributed by atoms with Gasteiger partial charge in [0.2, 0.25) is 0 Å². The molecule has 0 aliphatic rings. The first-order valence-electron chi connectivity index (χ1n) is 4.78. The summed E-state index contributed by atoms with van der Waals surface area (Å²) in [6.07, 6.45) is 0.243. The number of benzene rings is 1. The molecule has 0 aliphatic carbocycles. The molecule has 2 rings (SSSR count). The third-order valence-corrected chi connectivity index (χ3v) is 2.08. The minimum absolute atomic E-state index is 0.243. The second kappa shape index (κ2) is 4.40. The van der Waals surface area contributed by atoms with Crippen molar-refractivity contribution in [3.63, 3.8) is 0 Å². The molecule has 6 nitrogen and oxygen atoms in total. The summed E-state index contributed by atoms with van der Waals surface area (Å²) in [4.78, 5) is 11.8. The van der Waals surface area contributed by atoms with Crippen molar-refractivity contribution in [2.24, 2.45) is 0 Å². The Kier molecular flexibility index (Phi) is 2.78. The molecule has 0 N–H and O–H groups in total. The lowest BCUT2D eigenvalue weighted by atomic mass is 10.3. The van der Waals surface area contributed by atoms with Gasteiger partial charge in [0.1, 0.15) is 0 Å². The van der Waals surface area contributed by atoms with Crippen molar-refractivity contribution < 1.29 is 0 Å². The lowest BCUT2D eigenvalue weighted by Crippen LogP contribution is -2.24. The number of nitrogens with zero attached hydrogens (tertiary/aromatic N) is 5. The Hall–Kier alpha value is -2.42. The number of aromatic nitrogens is 4. The van der Waals surface area contributed by atoms with Gasteiger partial charge in [-0.25, -0.2) is 4.79 Å². The van der Waals surface area contributed by atoms with Gasteiger partial charge in [0, 0.05) is 0 Å². The summed E-state index contributed by atoms with van der Waals surface area (Å²) in [5, 5.41) is 15.9. The van der Waals surface area contributed by atoms with Crippen LogP contribution in [-0.4, -0.2) is 19.8 Å². The molecular weight excluding hydrogens is 206 g/mol. The van der Waals surface area contributed by atoms with E-state index in [-0.39, 0.29) is 18.7 Å². The Morgan fingerprint density at radius 2 is 2.00 bits per heavy atom. The topological polar surface area (TPSA) is 76.5 Å². The first-order valence-corrected chi connectivity index (χ1v) is 4.78. The zero-order valence-electron chi connectivity index (χ0n) is 8.45. The predicted octanol–water partition coefficient (Wildman–Crippen LogP) is 0.343. The van der Waals surface area contributed by atoms with Crippen LogP contribution >= 0.6 is 0 Å². The molecule has 1 heterocycles. The molecule has 0 spiro atoms. The summed E-state index contributed by atoms with van der Waals surface area (Å²) in [5.74, 6) is 0. The minimum Gasteiger partial charge on any atom is -0.244 e. The zero-order valence-corrected chi connectivity index (χ0v) is 8.45. The molecule has 16 heavy (non-hydrogen) atoms. The molecule has 0 saturated carbocycles. The van der Waals surface area contributed by atoms with E-state index in [1.807, 2.05) is 24.3 Å². The van der Waals surface area contributed by atoms with Crippen LogP contribution in [0.4, 0.5) is 0 Å². The fraction of sp³-hybridized carbons (Fsp3) is 0.200. The molecule has 0 radical (unpaired) electrons. The monoisotopic (exact) mass is 215 g/mol. The Balaban J connectivity index is 2.35. The van der Waals surface area contributed by atoms with Gasteiger partial charge in [0.25, 0.3) is 0 Å². The summed E-state index contributed by atoms with van der Waals surface area (Å²) in [6, 6.07) is 11.0. The number of hydrogen-bond acceptors (Lipinski definition) is 4. The first-order chi connectivity index (χ1) is 7.83. The van der Waals surface area contributed by atoms with Crippen molar-refractivity contribution in [1.29, 1.82) is 5.26 Å².